The van der Waals surface area contributed by atoms with Gasteiger partial charge in [0.2, 0.25) is 21.9 Å². The van der Waals surface area contributed by atoms with E-state index in [2.05, 4.69) is 25.0 Å². The predicted molar refractivity (Wildman–Crippen MR) is 114 cm³/mol. The molecule has 0 fully saturated rings. The molecular weight excluding hydrogens is 433 g/mol. The number of carbonyl (C=O) groups excluding carboxylic acids is 1. The largest absolute Gasteiger partial charge is 0.394 e. The summed E-state index contributed by atoms with van der Waals surface area (Å²) in [4.78, 5) is 24.6. The molecule has 0 saturated heterocycles. The number of Topliss-reactive ketones (excluding diaryl/α,β-unsaturated/α-hetero) is 1. The molecule has 0 unspecified atom stereocenters. The molecule has 0 spiro atoms. The first kappa shape index (κ1) is 24.0. The summed E-state index contributed by atoms with van der Waals surface area (Å²) in [6.45, 7) is 3.83. The highest BCUT2D eigenvalue weighted by Crippen LogP contribution is 2.20. The van der Waals surface area contributed by atoms with Crippen molar-refractivity contribution in [2.45, 2.75) is 31.5 Å². The van der Waals surface area contributed by atoms with Crippen molar-refractivity contribution in [3.63, 3.8) is 0 Å². The molecule has 0 radical (unpaired) electrons. The van der Waals surface area contributed by atoms with E-state index in [9.17, 15) is 22.7 Å². The van der Waals surface area contributed by atoms with Gasteiger partial charge in [0.15, 0.2) is 10.9 Å². The summed E-state index contributed by atoms with van der Waals surface area (Å²) in [5.41, 5.74) is 0.336. The molecule has 0 amide bonds. The highest BCUT2D eigenvalue weighted by atomic mass is 32.2. The first-order chi connectivity index (χ1) is 14.1. The Morgan fingerprint density at radius 1 is 1.17 bits per heavy atom. The van der Waals surface area contributed by atoms with Crippen molar-refractivity contribution >= 4 is 39.5 Å². The van der Waals surface area contributed by atoms with Crippen LogP contribution in [0, 0.1) is 11.7 Å². The van der Waals surface area contributed by atoms with Crippen LogP contribution in [0.25, 0.3) is 0 Å². The molecule has 0 aliphatic carbocycles. The fourth-order valence-corrected chi connectivity index (χ4v) is 3.63. The third kappa shape index (κ3) is 8.20. The molecule has 0 bridgehead atoms. The van der Waals surface area contributed by atoms with Crippen LogP contribution in [0.3, 0.4) is 0 Å². The Balaban J connectivity index is 2.20. The number of nitrogens with zero attached hydrogens (tertiary/aromatic N) is 3. The number of halogens is 1. The average molecular weight is 458 g/mol. The first-order valence-electron chi connectivity index (χ1n) is 9.08. The number of ketones is 1. The minimum atomic E-state index is -3.63. The number of carbonyl (C=O) groups is 1. The predicted octanol–water partition coefficient (Wildman–Crippen LogP) is 2.18. The standard InChI is InChI=1S/C18H24FN5O4S2/c1-11(2)8-14(9-25)20-16-21-17(24-30(3,27)28)23-18(22-16)29-10-15(26)12-4-6-13(19)7-5-12/h4-7,11,14,25H,8-10H2,1-3H3,(H2,20,21,22,23,24)/t14-/m1/s1. The summed E-state index contributed by atoms with van der Waals surface area (Å²) < 4.78 is 38.3. The van der Waals surface area contributed by atoms with Gasteiger partial charge in [0.25, 0.3) is 0 Å². The van der Waals surface area contributed by atoms with Crippen molar-refractivity contribution in [2.75, 3.05) is 28.7 Å². The quantitative estimate of drug-likeness (QED) is 0.343. The van der Waals surface area contributed by atoms with Crippen molar-refractivity contribution in [2.24, 2.45) is 5.92 Å². The van der Waals surface area contributed by atoms with E-state index >= 15 is 0 Å². The fourth-order valence-electron chi connectivity index (χ4n) is 2.48. The summed E-state index contributed by atoms with van der Waals surface area (Å²) in [6, 6.07) is 4.82. The average Bonchev–Trinajstić information content (AvgIpc) is 2.64. The Morgan fingerprint density at radius 2 is 1.80 bits per heavy atom. The number of aromatic nitrogens is 3. The fraction of sp³-hybridized carbons (Fsp3) is 0.444. The van der Waals surface area contributed by atoms with Crippen molar-refractivity contribution in [3.8, 4) is 0 Å². The Kier molecular flexibility index (Phi) is 8.50. The van der Waals surface area contributed by atoms with Gasteiger partial charge in [-0.25, -0.2) is 12.8 Å². The van der Waals surface area contributed by atoms with Crippen LogP contribution in [0.4, 0.5) is 16.3 Å². The molecule has 0 saturated carbocycles. The van der Waals surface area contributed by atoms with Gasteiger partial charge in [-0.3, -0.25) is 9.52 Å². The zero-order valence-electron chi connectivity index (χ0n) is 16.8. The highest BCUT2D eigenvalue weighted by Gasteiger charge is 2.16. The van der Waals surface area contributed by atoms with E-state index in [0.717, 1.165) is 18.0 Å². The van der Waals surface area contributed by atoms with E-state index in [1.165, 1.54) is 24.3 Å². The Morgan fingerprint density at radius 3 is 2.37 bits per heavy atom. The van der Waals surface area contributed by atoms with Crippen molar-refractivity contribution in [3.05, 3.63) is 35.6 Å². The minimum absolute atomic E-state index is 0.0389. The zero-order chi connectivity index (χ0) is 22.3. The molecule has 2 aromatic rings. The lowest BCUT2D eigenvalue weighted by atomic mass is 10.0. The molecule has 30 heavy (non-hydrogen) atoms. The molecular formula is C18H24FN5O4S2. The summed E-state index contributed by atoms with van der Waals surface area (Å²) >= 11 is 0.988. The number of aliphatic hydroxyl groups excluding tert-OH is 1. The Labute approximate surface area is 179 Å². The van der Waals surface area contributed by atoms with Gasteiger partial charge in [0.1, 0.15) is 5.82 Å². The molecule has 3 N–H and O–H groups in total. The van der Waals surface area contributed by atoms with Crippen LogP contribution in [-0.2, 0) is 10.0 Å². The van der Waals surface area contributed by atoms with Gasteiger partial charge in [-0.15, -0.1) is 0 Å². The molecule has 0 aliphatic heterocycles. The zero-order valence-corrected chi connectivity index (χ0v) is 18.4. The lowest BCUT2D eigenvalue weighted by Crippen LogP contribution is -2.27. The van der Waals surface area contributed by atoms with Crippen LogP contribution in [0.15, 0.2) is 29.4 Å². The van der Waals surface area contributed by atoms with Gasteiger partial charge >= 0.3 is 0 Å². The third-order valence-corrected chi connectivity index (χ3v) is 5.10. The molecule has 1 atom stereocenters. The Hall–Kier alpha value is -2.31. The van der Waals surface area contributed by atoms with Gasteiger partial charge in [-0.05, 0) is 36.6 Å². The maximum Gasteiger partial charge on any atom is 0.242 e. The van der Waals surface area contributed by atoms with Crippen LogP contribution < -0.4 is 10.0 Å². The minimum Gasteiger partial charge on any atom is -0.394 e. The third-order valence-electron chi connectivity index (χ3n) is 3.70. The highest BCUT2D eigenvalue weighted by molar-refractivity contribution is 7.99. The molecule has 12 heteroatoms. The number of hydrogen-bond donors (Lipinski definition) is 3. The smallest absolute Gasteiger partial charge is 0.242 e. The number of benzene rings is 1. The summed E-state index contributed by atoms with van der Waals surface area (Å²) in [7, 11) is -3.63. The van der Waals surface area contributed by atoms with E-state index in [1.807, 2.05) is 13.8 Å². The molecule has 164 valence electrons. The molecule has 2 rings (SSSR count). The maximum absolute atomic E-state index is 13.0. The van der Waals surface area contributed by atoms with Crippen LogP contribution in [0.2, 0.25) is 0 Å². The van der Waals surface area contributed by atoms with Gasteiger partial charge in [-0.1, -0.05) is 25.6 Å². The number of aliphatic hydroxyl groups is 1. The second-order valence-electron chi connectivity index (χ2n) is 7.01. The van der Waals surface area contributed by atoms with E-state index < -0.39 is 15.8 Å². The molecule has 1 aromatic carbocycles. The summed E-state index contributed by atoms with van der Waals surface area (Å²) in [5, 5.41) is 12.6. The SMILES string of the molecule is CC(C)C[C@H](CO)Nc1nc(NS(C)(=O)=O)nc(SCC(=O)c2ccc(F)cc2)n1. The van der Waals surface area contributed by atoms with Crippen LogP contribution in [0.5, 0.6) is 0 Å². The molecule has 0 aliphatic rings. The lowest BCUT2D eigenvalue weighted by Gasteiger charge is -2.18. The van der Waals surface area contributed by atoms with E-state index in [-0.39, 0.29) is 41.2 Å². The van der Waals surface area contributed by atoms with Crippen molar-refractivity contribution < 1.29 is 22.7 Å². The summed E-state index contributed by atoms with van der Waals surface area (Å²) in [6.07, 6.45) is 1.60. The molecule has 9 nitrogen and oxygen atoms in total. The monoisotopic (exact) mass is 457 g/mol. The first-order valence-corrected chi connectivity index (χ1v) is 12.0. The van der Waals surface area contributed by atoms with Crippen LogP contribution in [0.1, 0.15) is 30.6 Å². The topological polar surface area (TPSA) is 134 Å². The number of thioether (sulfide) groups is 1. The van der Waals surface area contributed by atoms with Gasteiger partial charge in [-0.2, -0.15) is 15.0 Å². The summed E-state index contributed by atoms with van der Waals surface area (Å²) in [5.74, 6) is -0.569. The number of nitrogens with one attached hydrogen (secondary N) is 2. The van der Waals surface area contributed by atoms with Crippen LogP contribution in [-0.4, -0.2) is 58.9 Å². The lowest BCUT2D eigenvalue weighted by molar-refractivity contribution is 0.102. The van der Waals surface area contributed by atoms with Gasteiger partial charge < -0.3 is 10.4 Å². The number of sulfonamides is 1. The molecule has 1 heterocycles. The van der Waals surface area contributed by atoms with Crippen LogP contribution >= 0.6 is 11.8 Å². The second-order valence-corrected chi connectivity index (χ2v) is 9.70. The number of hydrogen-bond acceptors (Lipinski definition) is 9. The van der Waals surface area contributed by atoms with E-state index in [4.69, 9.17) is 0 Å². The van der Waals surface area contributed by atoms with Crippen molar-refractivity contribution in [1.29, 1.82) is 0 Å². The number of rotatable bonds is 11. The second kappa shape index (κ2) is 10.6. The Bertz CT molecular complexity index is 971. The maximum atomic E-state index is 13.0. The van der Waals surface area contributed by atoms with Gasteiger partial charge in [0.05, 0.1) is 24.7 Å². The van der Waals surface area contributed by atoms with E-state index in [1.54, 1.807) is 0 Å². The van der Waals surface area contributed by atoms with E-state index in [0.29, 0.717) is 17.9 Å². The van der Waals surface area contributed by atoms with Crippen molar-refractivity contribution in [1.82, 2.24) is 15.0 Å². The normalized spacial score (nSPS) is 12.6. The van der Waals surface area contributed by atoms with Gasteiger partial charge in [0, 0.05) is 5.56 Å². The number of anilines is 2. The molecule has 1 aromatic heterocycles.